The molecule has 0 amide bonds. The zero-order valence-electron chi connectivity index (χ0n) is 11.1. The molecule has 2 aromatic rings. The van der Waals surface area contributed by atoms with Gasteiger partial charge in [0.1, 0.15) is 0 Å². The Labute approximate surface area is 132 Å². The zero-order valence-corrected chi connectivity index (χ0v) is 13.3. The Bertz CT molecular complexity index is 606. The number of aromatic nitrogens is 1. The summed E-state index contributed by atoms with van der Waals surface area (Å²) in [5.74, 6) is -0.0118. The molecule has 0 atom stereocenters. The molecule has 1 N–H and O–H groups in total. The van der Waals surface area contributed by atoms with Gasteiger partial charge in [0, 0.05) is 39.0 Å². The fourth-order valence-electron chi connectivity index (χ4n) is 1.70. The Hall–Kier alpha value is -1.69. The molecule has 102 valence electrons. The lowest BCUT2D eigenvalue weighted by Gasteiger charge is -2.09. The summed E-state index contributed by atoms with van der Waals surface area (Å²) in [4.78, 5) is 16.0. The Morgan fingerprint density at radius 2 is 1.85 bits per heavy atom. The molecule has 0 aliphatic carbocycles. The van der Waals surface area contributed by atoms with Crippen LogP contribution < -0.4 is 5.32 Å². The molecule has 1 aromatic carbocycles. The first kappa shape index (κ1) is 14.7. The van der Waals surface area contributed by atoms with Gasteiger partial charge in [0.2, 0.25) is 0 Å². The summed E-state index contributed by atoms with van der Waals surface area (Å²) in [6, 6.07) is 11.5. The van der Waals surface area contributed by atoms with E-state index in [1.165, 1.54) is 3.57 Å². The number of hydrogen-bond donors (Lipinski definition) is 1. The normalized spacial score (nSPS) is 11.2. The SMILES string of the molecule is CC/C(=C/C(=O)c1ccncc1)Nc1ccc(I)cc1. The van der Waals surface area contributed by atoms with Crippen molar-refractivity contribution in [3.8, 4) is 0 Å². The molecule has 0 radical (unpaired) electrons. The summed E-state index contributed by atoms with van der Waals surface area (Å²) in [5.41, 5.74) is 2.53. The number of ketones is 1. The predicted molar refractivity (Wildman–Crippen MR) is 89.7 cm³/mol. The topological polar surface area (TPSA) is 42.0 Å². The van der Waals surface area contributed by atoms with Crippen LogP contribution in [0.4, 0.5) is 5.69 Å². The van der Waals surface area contributed by atoms with Crippen LogP contribution >= 0.6 is 22.6 Å². The average molecular weight is 378 g/mol. The Morgan fingerprint density at radius 1 is 1.20 bits per heavy atom. The molecule has 0 aliphatic heterocycles. The number of benzene rings is 1. The first-order valence-corrected chi connectivity index (χ1v) is 7.44. The monoisotopic (exact) mass is 378 g/mol. The highest BCUT2D eigenvalue weighted by molar-refractivity contribution is 14.1. The summed E-state index contributed by atoms with van der Waals surface area (Å²) in [7, 11) is 0. The third-order valence-corrected chi connectivity index (χ3v) is 3.52. The van der Waals surface area contributed by atoms with Crippen molar-refractivity contribution in [3.05, 3.63) is 69.7 Å². The molecule has 0 fully saturated rings. The molecule has 0 saturated carbocycles. The first-order valence-electron chi connectivity index (χ1n) is 6.36. The number of allylic oxidation sites excluding steroid dienone is 2. The fourth-order valence-corrected chi connectivity index (χ4v) is 2.06. The van der Waals surface area contributed by atoms with E-state index < -0.39 is 0 Å². The molecule has 0 spiro atoms. The zero-order chi connectivity index (χ0) is 14.4. The smallest absolute Gasteiger partial charge is 0.187 e. The van der Waals surface area contributed by atoms with E-state index in [4.69, 9.17) is 0 Å². The summed E-state index contributed by atoms with van der Waals surface area (Å²) >= 11 is 2.26. The van der Waals surface area contributed by atoms with Crippen LogP contribution in [-0.4, -0.2) is 10.8 Å². The lowest BCUT2D eigenvalue weighted by atomic mass is 10.1. The fraction of sp³-hybridized carbons (Fsp3) is 0.125. The number of nitrogens with one attached hydrogen (secondary N) is 1. The maximum atomic E-state index is 12.1. The Balaban J connectivity index is 2.13. The van der Waals surface area contributed by atoms with Crippen LogP contribution in [0, 0.1) is 3.57 Å². The van der Waals surface area contributed by atoms with Crippen LogP contribution in [0.5, 0.6) is 0 Å². The summed E-state index contributed by atoms with van der Waals surface area (Å²) < 4.78 is 1.18. The van der Waals surface area contributed by atoms with E-state index in [2.05, 4.69) is 32.9 Å². The number of pyridine rings is 1. The highest BCUT2D eigenvalue weighted by Crippen LogP contribution is 2.15. The van der Waals surface area contributed by atoms with Crippen molar-refractivity contribution in [2.75, 3.05) is 5.32 Å². The number of halogens is 1. The summed E-state index contributed by atoms with van der Waals surface area (Å²) in [5, 5.41) is 3.28. The van der Waals surface area contributed by atoms with Gasteiger partial charge in [-0.1, -0.05) is 6.92 Å². The van der Waals surface area contributed by atoms with Crippen molar-refractivity contribution in [3.63, 3.8) is 0 Å². The molecule has 3 nitrogen and oxygen atoms in total. The largest absolute Gasteiger partial charge is 0.359 e. The number of nitrogens with zero attached hydrogens (tertiary/aromatic N) is 1. The van der Waals surface area contributed by atoms with E-state index in [1.807, 2.05) is 31.2 Å². The first-order chi connectivity index (χ1) is 9.69. The summed E-state index contributed by atoms with van der Waals surface area (Å²) in [6.45, 7) is 2.02. The van der Waals surface area contributed by atoms with E-state index in [0.29, 0.717) is 5.56 Å². The van der Waals surface area contributed by atoms with Crippen LogP contribution in [0.2, 0.25) is 0 Å². The molecule has 4 heteroatoms. The minimum absolute atomic E-state index is 0.0118. The molecule has 0 aliphatic rings. The van der Waals surface area contributed by atoms with Gasteiger partial charge in [-0.3, -0.25) is 9.78 Å². The van der Waals surface area contributed by atoms with E-state index in [1.54, 1.807) is 30.6 Å². The van der Waals surface area contributed by atoms with E-state index in [-0.39, 0.29) is 5.78 Å². The number of carbonyl (C=O) groups excluding carboxylic acids is 1. The van der Waals surface area contributed by atoms with Crippen molar-refractivity contribution in [2.45, 2.75) is 13.3 Å². The van der Waals surface area contributed by atoms with Crippen molar-refractivity contribution in [1.29, 1.82) is 0 Å². The second-order valence-electron chi connectivity index (χ2n) is 4.26. The lowest BCUT2D eigenvalue weighted by Crippen LogP contribution is -2.03. The van der Waals surface area contributed by atoms with Gasteiger partial charge >= 0.3 is 0 Å². The second-order valence-corrected chi connectivity index (χ2v) is 5.50. The van der Waals surface area contributed by atoms with Crippen LogP contribution in [0.15, 0.2) is 60.6 Å². The van der Waals surface area contributed by atoms with Crippen molar-refractivity contribution >= 4 is 34.1 Å². The number of rotatable bonds is 5. The molecular formula is C16H15IN2O. The van der Waals surface area contributed by atoms with Crippen molar-refractivity contribution in [1.82, 2.24) is 4.98 Å². The van der Waals surface area contributed by atoms with Crippen molar-refractivity contribution < 1.29 is 4.79 Å². The minimum atomic E-state index is -0.0118. The quantitative estimate of drug-likeness (QED) is 0.480. The maximum absolute atomic E-state index is 12.1. The maximum Gasteiger partial charge on any atom is 0.187 e. The van der Waals surface area contributed by atoms with Gasteiger partial charge in [0.05, 0.1) is 0 Å². The van der Waals surface area contributed by atoms with Gasteiger partial charge in [-0.25, -0.2) is 0 Å². The van der Waals surface area contributed by atoms with Gasteiger partial charge in [-0.15, -0.1) is 0 Å². The molecule has 0 unspecified atom stereocenters. The molecule has 1 aromatic heterocycles. The third-order valence-electron chi connectivity index (χ3n) is 2.80. The van der Waals surface area contributed by atoms with Gasteiger partial charge in [0.25, 0.3) is 0 Å². The van der Waals surface area contributed by atoms with Crippen LogP contribution in [0.1, 0.15) is 23.7 Å². The van der Waals surface area contributed by atoms with Crippen LogP contribution in [-0.2, 0) is 0 Å². The number of hydrogen-bond acceptors (Lipinski definition) is 3. The average Bonchev–Trinajstić information content (AvgIpc) is 2.49. The second kappa shape index (κ2) is 7.19. The van der Waals surface area contributed by atoms with Crippen LogP contribution in [0.3, 0.4) is 0 Å². The van der Waals surface area contributed by atoms with Crippen molar-refractivity contribution in [2.24, 2.45) is 0 Å². The molecule has 1 heterocycles. The van der Waals surface area contributed by atoms with Gasteiger partial charge < -0.3 is 5.32 Å². The van der Waals surface area contributed by atoms with E-state index >= 15 is 0 Å². The molecule has 2 rings (SSSR count). The van der Waals surface area contributed by atoms with E-state index in [0.717, 1.165) is 17.8 Å². The van der Waals surface area contributed by atoms with Crippen LogP contribution in [0.25, 0.3) is 0 Å². The molecular weight excluding hydrogens is 363 g/mol. The van der Waals surface area contributed by atoms with E-state index in [9.17, 15) is 4.79 Å². The molecule has 0 saturated heterocycles. The minimum Gasteiger partial charge on any atom is -0.359 e. The highest BCUT2D eigenvalue weighted by Gasteiger charge is 2.04. The summed E-state index contributed by atoms with van der Waals surface area (Å²) in [6.07, 6.45) is 5.66. The number of carbonyl (C=O) groups is 1. The number of anilines is 1. The molecule has 20 heavy (non-hydrogen) atoms. The standard InChI is InChI=1S/C16H15IN2O/c1-2-14(19-15-5-3-13(17)4-6-15)11-16(20)12-7-9-18-10-8-12/h3-11,19H,2H2,1H3/b14-11-. The van der Waals surface area contributed by atoms with Gasteiger partial charge in [-0.05, 0) is 65.4 Å². The van der Waals surface area contributed by atoms with Gasteiger partial charge in [-0.2, -0.15) is 0 Å². The molecule has 0 bridgehead atoms. The third kappa shape index (κ3) is 4.16. The Kier molecular flexibility index (Phi) is 5.29. The lowest BCUT2D eigenvalue weighted by molar-refractivity contribution is 0.104. The predicted octanol–water partition coefficient (Wildman–Crippen LogP) is 4.27. The highest BCUT2D eigenvalue weighted by atomic mass is 127. The Morgan fingerprint density at radius 3 is 2.45 bits per heavy atom. The van der Waals surface area contributed by atoms with Gasteiger partial charge in [0.15, 0.2) is 5.78 Å².